The molecule has 0 atom stereocenters. The van der Waals surface area contributed by atoms with Gasteiger partial charge in [-0.15, -0.1) is 0 Å². The van der Waals surface area contributed by atoms with E-state index < -0.39 is 10.0 Å². The Morgan fingerprint density at radius 3 is 1.83 bits per heavy atom. The molecule has 0 unspecified atom stereocenters. The van der Waals surface area contributed by atoms with Gasteiger partial charge in [-0.05, 0) is 38.4 Å². The SMILES string of the molecule is CN1CCN(S(=O)(=O)c2ccc(Br)cc2)CC1.CN1CCOCC1. The molecule has 0 N–H and O–H groups in total. The maximum absolute atomic E-state index is 12.3. The maximum Gasteiger partial charge on any atom is 0.243 e. The zero-order valence-electron chi connectivity index (χ0n) is 14.3. The Morgan fingerprint density at radius 1 is 0.875 bits per heavy atom. The standard InChI is InChI=1S/C11H15BrN2O2S.C5H11NO/c1-13-6-8-14(9-7-13)17(15,16)11-4-2-10(12)3-5-11;1-6-2-4-7-5-3-6/h2-5H,6-9H2,1H3;2-5H2,1H3. The van der Waals surface area contributed by atoms with E-state index in [4.69, 9.17) is 4.74 Å². The lowest BCUT2D eigenvalue weighted by atomic mass is 10.4. The molecule has 0 bridgehead atoms. The summed E-state index contributed by atoms with van der Waals surface area (Å²) < 4.78 is 32.1. The van der Waals surface area contributed by atoms with Crippen molar-refractivity contribution >= 4 is 26.0 Å². The van der Waals surface area contributed by atoms with Gasteiger partial charge in [-0.3, -0.25) is 0 Å². The molecule has 2 heterocycles. The smallest absolute Gasteiger partial charge is 0.243 e. The average molecular weight is 420 g/mol. The lowest BCUT2D eigenvalue weighted by molar-refractivity contribution is 0.0503. The zero-order chi connectivity index (χ0) is 17.6. The molecule has 0 aliphatic carbocycles. The van der Waals surface area contributed by atoms with Crippen molar-refractivity contribution in [1.29, 1.82) is 0 Å². The van der Waals surface area contributed by atoms with Gasteiger partial charge in [0.2, 0.25) is 10.0 Å². The molecule has 8 heteroatoms. The van der Waals surface area contributed by atoms with Crippen LogP contribution in [0.25, 0.3) is 0 Å². The van der Waals surface area contributed by atoms with E-state index in [-0.39, 0.29) is 0 Å². The molecule has 1 aromatic carbocycles. The van der Waals surface area contributed by atoms with Gasteiger partial charge < -0.3 is 14.5 Å². The van der Waals surface area contributed by atoms with Gasteiger partial charge in [0, 0.05) is 43.7 Å². The number of nitrogens with zero attached hydrogens (tertiary/aromatic N) is 3. The number of ether oxygens (including phenoxy) is 1. The molecule has 6 nitrogen and oxygen atoms in total. The van der Waals surface area contributed by atoms with E-state index in [2.05, 4.69) is 32.8 Å². The van der Waals surface area contributed by atoms with Crippen LogP contribution in [0.4, 0.5) is 0 Å². The topological polar surface area (TPSA) is 53.1 Å². The Labute approximate surface area is 153 Å². The summed E-state index contributed by atoms with van der Waals surface area (Å²) in [5.74, 6) is 0. The zero-order valence-corrected chi connectivity index (χ0v) is 16.7. The summed E-state index contributed by atoms with van der Waals surface area (Å²) >= 11 is 3.30. The first kappa shape index (κ1) is 19.8. The normalized spacial score (nSPS) is 21.1. The Kier molecular flexibility index (Phi) is 7.64. The summed E-state index contributed by atoms with van der Waals surface area (Å²) in [5.41, 5.74) is 0. The number of hydrogen-bond donors (Lipinski definition) is 0. The van der Waals surface area contributed by atoms with Crippen LogP contribution in [-0.4, -0.2) is 89.1 Å². The first-order valence-electron chi connectivity index (χ1n) is 8.10. The summed E-state index contributed by atoms with van der Waals surface area (Å²) in [7, 11) is 0.801. The summed E-state index contributed by atoms with van der Waals surface area (Å²) in [4.78, 5) is 4.77. The van der Waals surface area contributed by atoms with Crippen molar-refractivity contribution < 1.29 is 13.2 Å². The summed E-state index contributed by atoms with van der Waals surface area (Å²) in [6, 6.07) is 6.78. The number of morpholine rings is 1. The fourth-order valence-electron chi connectivity index (χ4n) is 2.44. The average Bonchev–Trinajstić information content (AvgIpc) is 2.57. The molecule has 3 rings (SSSR count). The molecular weight excluding hydrogens is 394 g/mol. The molecule has 0 spiro atoms. The second kappa shape index (κ2) is 9.26. The molecule has 0 saturated carbocycles. The van der Waals surface area contributed by atoms with E-state index >= 15 is 0 Å². The third-order valence-corrected chi connectivity index (χ3v) is 6.59. The Morgan fingerprint density at radius 2 is 1.38 bits per heavy atom. The fourth-order valence-corrected chi connectivity index (χ4v) is 4.13. The van der Waals surface area contributed by atoms with E-state index in [0.717, 1.165) is 43.9 Å². The summed E-state index contributed by atoms with van der Waals surface area (Å²) in [6.07, 6.45) is 0. The molecule has 0 radical (unpaired) electrons. The van der Waals surface area contributed by atoms with E-state index in [1.54, 1.807) is 28.6 Å². The van der Waals surface area contributed by atoms with Gasteiger partial charge in [-0.25, -0.2) is 8.42 Å². The molecule has 0 amide bonds. The van der Waals surface area contributed by atoms with Gasteiger partial charge in [-0.2, -0.15) is 4.31 Å². The second-order valence-corrected chi connectivity index (χ2v) is 8.93. The number of rotatable bonds is 2. The third-order valence-electron chi connectivity index (χ3n) is 4.15. The Balaban J connectivity index is 0.000000249. The van der Waals surface area contributed by atoms with Gasteiger partial charge >= 0.3 is 0 Å². The highest BCUT2D eigenvalue weighted by Gasteiger charge is 2.27. The molecule has 136 valence electrons. The van der Waals surface area contributed by atoms with Crippen LogP contribution in [0.1, 0.15) is 0 Å². The van der Waals surface area contributed by atoms with Crippen LogP contribution in [-0.2, 0) is 14.8 Å². The minimum Gasteiger partial charge on any atom is -0.379 e. The van der Waals surface area contributed by atoms with Crippen molar-refractivity contribution in [1.82, 2.24) is 14.1 Å². The highest BCUT2D eigenvalue weighted by Crippen LogP contribution is 2.19. The second-order valence-electron chi connectivity index (χ2n) is 6.08. The number of sulfonamides is 1. The van der Waals surface area contributed by atoms with Crippen LogP contribution >= 0.6 is 15.9 Å². The molecular formula is C16H26BrN3O3S. The molecule has 2 saturated heterocycles. The largest absolute Gasteiger partial charge is 0.379 e. The Hall–Kier alpha value is -0.510. The van der Waals surface area contributed by atoms with Crippen molar-refractivity contribution in [3.05, 3.63) is 28.7 Å². The molecule has 1 aromatic rings. The van der Waals surface area contributed by atoms with Crippen molar-refractivity contribution in [2.45, 2.75) is 4.90 Å². The highest BCUT2D eigenvalue weighted by atomic mass is 79.9. The quantitative estimate of drug-likeness (QED) is 0.723. The highest BCUT2D eigenvalue weighted by molar-refractivity contribution is 9.10. The van der Waals surface area contributed by atoms with Crippen LogP contribution < -0.4 is 0 Å². The lowest BCUT2D eigenvalue weighted by Gasteiger charge is -2.31. The van der Waals surface area contributed by atoms with E-state index in [0.29, 0.717) is 18.0 Å². The van der Waals surface area contributed by atoms with Gasteiger partial charge in [0.05, 0.1) is 18.1 Å². The first-order chi connectivity index (χ1) is 11.4. The molecule has 0 aromatic heterocycles. The van der Waals surface area contributed by atoms with Gasteiger partial charge in [0.15, 0.2) is 0 Å². The predicted molar refractivity (Wildman–Crippen MR) is 98.7 cm³/mol. The number of halogens is 1. The van der Waals surface area contributed by atoms with Crippen LogP contribution in [0, 0.1) is 0 Å². The summed E-state index contributed by atoms with van der Waals surface area (Å²) in [6.45, 7) is 6.72. The van der Waals surface area contributed by atoms with Crippen LogP contribution in [0.2, 0.25) is 0 Å². The first-order valence-corrected chi connectivity index (χ1v) is 10.3. The van der Waals surface area contributed by atoms with Gasteiger partial charge in [0.1, 0.15) is 0 Å². The molecule has 2 fully saturated rings. The molecule has 24 heavy (non-hydrogen) atoms. The number of likely N-dealkylation sites (N-methyl/N-ethyl adjacent to an activating group) is 2. The van der Waals surface area contributed by atoms with E-state index in [9.17, 15) is 8.42 Å². The number of benzene rings is 1. The predicted octanol–water partition coefficient (Wildman–Crippen LogP) is 1.33. The minimum atomic E-state index is -3.32. The van der Waals surface area contributed by atoms with Crippen LogP contribution in [0.15, 0.2) is 33.6 Å². The van der Waals surface area contributed by atoms with Crippen LogP contribution in [0.5, 0.6) is 0 Å². The molecule has 2 aliphatic rings. The van der Waals surface area contributed by atoms with Crippen molar-refractivity contribution in [2.24, 2.45) is 0 Å². The lowest BCUT2D eigenvalue weighted by Crippen LogP contribution is -2.46. The van der Waals surface area contributed by atoms with Crippen molar-refractivity contribution in [2.75, 3.05) is 66.6 Å². The van der Waals surface area contributed by atoms with Gasteiger partial charge in [0.25, 0.3) is 0 Å². The Bertz CT molecular complexity index is 595. The van der Waals surface area contributed by atoms with E-state index in [1.165, 1.54) is 0 Å². The monoisotopic (exact) mass is 419 g/mol. The van der Waals surface area contributed by atoms with Crippen molar-refractivity contribution in [3.8, 4) is 0 Å². The van der Waals surface area contributed by atoms with Crippen molar-refractivity contribution in [3.63, 3.8) is 0 Å². The fraction of sp³-hybridized carbons (Fsp3) is 0.625. The number of hydrogen-bond acceptors (Lipinski definition) is 5. The van der Waals surface area contributed by atoms with Crippen LogP contribution in [0.3, 0.4) is 0 Å². The maximum atomic E-state index is 12.3. The number of piperazine rings is 1. The van der Waals surface area contributed by atoms with E-state index in [1.807, 2.05) is 7.05 Å². The summed E-state index contributed by atoms with van der Waals surface area (Å²) in [5, 5.41) is 0. The van der Waals surface area contributed by atoms with Gasteiger partial charge in [-0.1, -0.05) is 15.9 Å². The minimum absolute atomic E-state index is 0.366. The third kappa shape index (κ3) is 5.79. The molecule has 2 aliphatic heterocycles.